The van der Waals surface area contributed by atoms with Crippen molar-refractivity contribution in [1.29, 1.82) is 0 Å². The molecule has 0 radical (unpaired) electrons. The van der Waals surface area contributed by atoms with Gasteiger partial charge in [-0.3, -0.25) is 0 Å². The molecular formula is C54H40N2. The second-order valence-corrected chi connectivity index (χ2v) is 16.6. The molecule has 0 saturated heterocycles. The highest BCUT2D eigenvalue weighted by Gasteiger charge is 2.37. The smallest absolute Gasteiger partial charge is 0.160 e. The van der Waals surface area contributed by atoms with E-state index in [9.17, 15) is 0 Å². The fourth-order valence-electron chi connectivity index (χ4n) is 9.71. The zero-order valence-corrected chi connectivity index (χ0v) is 32.1. The van der Waals surface area contributed by atoms with Gasteiger partial charge >= 0.3 is 0 Å². The predicted molar refractivity (Wildman–Crippen MR) is 234 cm³/mol. The minimum absolute atomic E-state index is 0.0516. The molecule has 1 aromatic heterocycles. The number of hydrogen-bond acceptors (Lipinski definition) is 2. The van der Waals surface area contributed by atoms with Crippen LogP contribution in [0.1, 0.15) is 49.9 Å². The van der Waals surface area contributed by atoms with Gasteiger partial charge < -0.3 is 0 Å². The van der Waals surface area contributed by atoms with Crippen molar-refractivity contribution < 1.29 is 0 Å². The topological polar surface area (TPSA) is 25.8 Å². The molecule has 0 N–H and O–H groups in total. The highest BCUT2D eigenvalue weighted by atomic mass is 14.9. The quantitative estimate of drug-likeness (QED) is 0.181. The summed E-state index contributed by atoms with van der Waals surface area (Å²) in [7, 11) is 0. The van der Waals surface area contributed by atoms with Crippen LogP contribution < -0.4 is 0 Å². The van der Waals surface area contributed by atoms with Crippen LogP contribution in [0.3, 0.4) is 0 Å². The second-order valence-electron chi connectivity index (χ2n) is 16.6. The first kappa shape index (κ1) is 32.8. The van der Waals surface area contributed by atoms with Crippen LogP contribution in [0.25, 0.3) is 88.8 Å². The maximum atomic E-state index is 5.29. The Hall–Kier alpha value is -6.64. The van der Waals surface area contributed by atoms with Crippen molar-refractivity contribution in [1.82, 2.24) is 9.97 Å². The van der Waals surface area contributed by atoms with E-state index in [1.54, 1.807) is 0 Å². The van der Waals surface area contributed by atoms with E-state index in [0.29, 0.717) is 0 Å². The van der Waals surface area contributed by atoms with Crippen molar-refractivity contribution in [2.45, 2.75) is 38.5 Å². The van der Waals surface area contributed by atoms with E-state index in [4.69, 9.17) is 9.97 Å². The Morgan fingerprint density at radius 3 is 1.64 bits per heavy atom. The van der Waals surface area contributed by atoms with E-state index in [2.05, 4.69) is 191 Å². The molecule has 2 aliphatic carbocycles. The minimum Gasteiger partial charge on any atom is -0.228 e. The summed E-state index contributed by atoms with van der Waals surface area (Å²) >= 11 is 0. The Balaban J connectivity index is 1.07. The van der Waals surface area contributed by atoms with E-state index in [0.717, 1.165) is 33.9 Å². The standard InChI is InChI=1S/C54H40N2/c1-53(2)46-21-13-12-20-41(46)43-30-37(23-27-47(43)53)50-32-51(56-52(55-50)33-14-6-5-7-15-33)42-25-24-38(39-18-10-11-19-40(39)42)36-22-26-48-44(29-36)45-28-34-16-8-9-17-35(34)31-49(45)54(48,3)4/h5-32H,1-4H3. The lowest BCUT2D eigenvalue weighted by Crippen LogP contribution is -2.14. The van der Waals surface area contributed by atoms with Crippen molar-refractivity contribution in [3.05, 3.63) is 192 Å². The van der Waals surface area contributed by atoms with Crippen LogP contribution in [0.2, 0.25) is 0 Å². The number of hydrogen-bond donors (Lipinski definition) is 0. The van der Waals surface area contributed by atoms with Gasteiger partial charge in [-0.05, 0) is 108 Å². The van der Waals surface area contributed by atoms with Crippen LogP contribution in [0.5, 0.6) is 0 Å². The summed E-state index contributed by atoms with van der Waals surface area (Å²) in [6, 6.07) is 62.2. The summed E-state index contributed by atoms with van der Waals surface area (Å²) in [5, 5.41) is 4.95. The summed E-state index contributed by atoms with van der Waals surface area (Å²) in [6.07, 6.45) is 0. The first-order chi connectivity index (χ1) is 27.3. The van der Waals surface area contributed by atoms with Gasteiger partial charge in [-0.2, -0.15) is 0 Å². The maximum absolute atomic E-state index is 5.29. The van der Waals surface area contributed by atoms with E-state index in [-0.39, 0.29) is 10.8 Å². The Labute approximate surface area is 328 Å². The molecule has 266 valence electrons. The van der Waals surface area contributed by atoms with Crippen molar-refractivity contribution in [3.8, 4) is 67.3 Å². The van der Waals surface area contributed by atoms with Gasteiger partial charge in [0.2, 0.25) is 0 Å². The molecule has 11 rings (SSSR count). The molecule has 0 spiro atoms. The van der Waals surface area contributed by atoms with Gasteiger partial charge in [-0.15, -0.1) is 0 Å². The maximum Gasteiger partial charge on any atom is 0.160 e. The highest BCUT2D eigenvalue weighted by Crippen LogP contribution is 2.52. The van der Waals surface area contributed by atoms with Crippen LogP contribution in [0, 0.1) is 0 Å². The monoisotopic (exact) mass is 716 g/mol. The molecule has 0 atom stereocenters. The molecular weight excluding hydrogens is 677 g/mol. The summed E-state index contributed by atoms with van der Waals surface area (Å²) in [5.41, 5.74) is 18.1. The first-order valence-electron chi connectivity index (χ1n) is 19.7. The summed E-state index contributed by atoms with van der Waals surface area (Å²) < 4.78 is 0. The minimum atomic E-state index is -0.0707. The highest BCUT2D eigenvalue weighted by molar-refractivity contribution is 6.05. The van der Waals surface area contributed by atoms with Gasteiger partial charge in [0.1, 0.15) is 0 Å². The van der Waals surface area contributed by atoms with Crippen LogP contribution in [0.15, 0.2) is 170 Å². The fourth-order valence-corrected chi connectivity index (χ4v) is 9.71. The average Bonchev–Trinajstić information content (AvgIpc) is 3.60. The van der Waals surface area contributed by atoms with Crippen molar-refractivity contribution in [2.24, 2.45) is 0 Å². The fraction of sp³-hybridized carbons (Fsp3) is 0.111. The Kier molecular flexibility index (Phi) is 6.98. The molecule has 0 fully saturated rings. The lowest BCUT2D eigenvalue weighted by Gasteiger charge is -2.22. The molecule has 0 amide bonds. The average molecular weight is 717 g/mol. The van der Waals surface area contributed by atoms with Crippen molar-refractivity contribution in [2.75, 3.05) is 0 Å². The molecule has 0 aliphatic heterocycles. The van der Waals surface area contributed by atoms with Gasteiger partial charge in [-0.25, -0.2) is 9.97 Å². The number of benzene rings is 8. The number of nitrogens with zero attached hydrogens (tertiary/aromatic N) is 2. The van der Waals surface area contributed by atoms with Crippen LogP contribution >= 0.6 is 0 Å². The first-order valence-corrected chi connectivity index (χ1v) is 19.7. The molecule has 2 nitrogen and oxygen atoms in total. The SMILES string of the molecule is CC1(C)c2ccccc2-c2cc(-c3cc(-c4ccc(-c5ccc6c(c5)-c5cc7ccccc7cc5C6(C)C)c5ccccc45)nc(-c4ccccc4)n3)ccc21. The molecule has 2 heteroatoms. The molecule has 1 heterocycles. The molecule has 9 aromatic rings. The molecule has 0 unspecified atom stereocenters. The lowest BCUT2D eigenvalue weighted by atomic mass is 9.81. The predicted octanol–water partition coefficient (Wildman–Crippen LogP) is 14.1. The number of aromatic nitrogens is 2. The van der Waals surface area contributed by atoms with E-state index in [1.165, 1.54) is 77.2 Å². The van der Waals surface area contributed by atoms with E-state index in [1.807, 2.05) is 6.07 Å². The van der Waals surface area contributed by atoms with E-state index < -0.39 is 0 Å². The van der Waals surface area contributed by atoms with Crippen LogP contribution in [0.4, 0.5) is 0 Å². The van der Waals surface area contributed by atoms with Crippen molar-refractivity contribution in [3.63, 3.8) is 0 Å². The third-order valence-electron chi connectivity index (χ3n) is 12.7. The van der Waals surface area contributed by atoms with Crippen molar-refractivity contribution >= 4 is 21.5 Å². The molecule has 56 heavy (non-hydrogen) atoms. The molecule has 0 bridgehead atoms. The molecule has 2 aliphatic rings. The summed E-state index contributed by atoms with van der Waals surface area (Å²) in [6.45, 7) is 9.37. The molecule has 8 aromatic carbocycles. The van der Waals surface area contributed by atoms with Crippen LogP contribution in [-0.2, 0) is 10.8 Å². The summed E-state index contributed by atoms with van der Waals surface area (Å²) in [4.78, 5) is 10.5. The normalized spacial score (nSPS) is 14.4. The lowest BCUT2D eigenvalue weighted by molar-refractivity contribution is 0.660. The third-order valence-corrected chi connectivity index (χ3v) is 12.7. The van der Waals surface area contributed by atoms with Crippen LogP contribution in [-0.4, -0.2) is 9.97 Å². The Morgan fingerprint density at radius 2 is 0.857 bits per heavy atom. The second kappa shape index (κ2) is 11.9. The third kappa shape index (κ3) is 4.82. The number of fused-ring (bicyclic) bond motifs is 8. The zero-order chi connectivity index (χ0) is 37.8. The largest absolute Gasteiger partial charge is 0.228 e. The van der Waals surface area contributed by atoms with Gasteiger partial charge in [-0.1, -0.05) is 167 Å². The number of rotatable bonds is 4. The zero-order valence-electron chi connectivity index (χ0n) is 32.1. The Bertz CT molecular complexity index is 3080. The Morgan fingerprint density at radius 1 is 0.321 bits per heavy atom. The van der Waals surface area contributed by atoms with Gasteiger partial charge in [0.05, 0.1) is 11.4 Å². The van der Waals surface area contributed by atoms with Gasteiger partial charge in [0.15, 0.2) is 5.82 Å². The van der Waals surface area contributed by atoms with E-state index >= 15 is 0 Å². The van der Waals surface area contributed by atoms with Gasteiger partial charge in [0.25, 0.3) is 0 Å². The van der Waals surface area contributed by atoms with Gasteiger partial charge in [0, 0.05) is 27.5 Å². The summed E-state index contributed by atoms with van der Waals surface area (Å²) in [5.74, 6) is 0.722. The molecule has 0 saturated carbocycles.